The molecule has 6 N–H and O–H groups in total. The van der Waals surface area contributed by atoms with Crippen LogP contribution < -0.4 is 16.4 Å². The van der Waals surface area contributed by atoms with Crippen LogP contribution in [-0.2, 0) is 4.74 Å². The Morgan fingerprint density at radius 1 is 1.33 bits per heavy atom. The molecule has 2 rings (SSSR count). The number of aliphatic hydroxyl groups excluding tert-OH is 1. The molecule has 6 nitrogen and oxygen atoms in total. The maximum absolute atomic E-state index is 10.3. The van der Waals surface area contributed by atoms with Crippen molar-refractivity contribution in [2.24, 2.45) is 5.73 Å². The first kappa shape index (κ1) is 14.2. The maximum atomic E-state index is 10.3. The molecule has 0 amide bonds. The molecule has 2 aliphatic heterocycles. The highest BCUT2D eigenvalue weighted by Crippen LogP contribution is 2.18. The van der Waals surface area contributed by atoms with Crippen LogP contribution in [0.4, 0.5) is 0 Å². The summed E-state index contributed by atoms with van der Waals surface area (Å²) in [4.78, 5) is 0. The van der Waals surface area contributed by atoms with Crippen LogP contribution in [0.15, 0.2) is 0 Å². The molecule has 0 saturated carbocycles. The summed E-state index contributed by atoms with van der Waals surface area (Å²) in [6, 6.07) is -0.269. The molecule has 2 saturated heterocycles. The smallest absolute Gasteiger partial charge is 0.170 e. The maximum Gasteiger partial charge on any atom is 0.170 e. The van der Waals surface area contributed by atoms with Crippen molar-refractivity contribution in [2.75, 3.05) is 26.2 Å². The molecule has 3 atom stereocenters. The first-order chi connectivity index (χ1) is 8.59. The second kappa shape index (κ2) is 6.27. The van der Waals surface area contributed by atoms with Crippen LogP contribution in [-0.4, -0.2) is 60.4 Å². The van der Waals surface area contributed by atoms with Gasteiger partial charge in [-0.3, -0.25) is 0 Å². The third-order valence-corrected chi connectivity index (χ3v) is 3.88. The molecular weight excluding hydrogens is 234 g/mol. The van der Waals surface area contributed by atoms with Gasteiger partial charge in [-0.1, -0.05) is 0 Å². The van der Waals surface area contributed by atoms with Gasteiger partial charge in [-0.2, -0.15) is 0 Å². The number of nitrogens with two attached hydrogens (primary N) is 1. The molecule has 0 unspecified atom stereocenters. The fourth-order valence-corrected chi connectivity index (χ4v) is 2.57. The zero-order chi connectivity index (χ0) is 13.0. The van der Waals surface area contributed by atoms with E-state index in [1.807, 2.05) is 0 Å². The molecule has 6 heteroatoms. The van der Waals surface area contributed by atoms with Crippen molar-refractivity contribution in [3.63, 3.8) is 0 Å². The predicted octanol–water partition coefficient (Wildman–Crippen LogP) is -1.48. The molecule has 0 aromatic carbocycles. The van der Waals surface area contributed by atoms with Crippen molar-refractivity contribution in [1.82, 2.24) is 10.6 Å². The second-order valence-corrected chi connectivity index (χ2v) is 5.50. The Bertz CT molecular complexity index is 259. The van der Waals surface area contributed by atoms with Crippen LogP contribution in [0, 0.1) is 0 Å². The number of aliphatic hydroxyl groups is 2. The van der Waals surface area contributed by atoms with Gasteiger partial charge in [0.25, 0.3) is 0 Å². The molecule has 0 aliphatic carbocycles. The average Bonchev–Trinajstić information content (AvgIpc) is 2.34. The van der Waals surface area contributed by atoms with E-state index in [-0.39, 0.29) is 12.1 Å². The van der Waals surface area contributed by atoms with E-state index in [0.29, 0.717) is 13.1 Å². The average molecular weight is 259 g/mol. The number of piperidine rings is 1. The monoisotopic (exact) mass is 259 g/mol. The number of hydrogen-bond donors (Lipinski definition) is 5. The summed E-state index contributed by atoms with van der Waals surface area (Å²) in [6.07, 6.45) is 2.32. The van der Waals surface area contributed by atoms with Crippen LogP contribution in [0.3, 0.4) is 0 Å². The Hall–Kier alpha value is -0.240. The molecular formula is C12H25N3O3. The van der Waals surface area contributed by atoms with E-state index in [9.17, 15) is 10.2 Å². The van der Waals surface area contributed by atoms with Crippen molar-refractivity contribution in [3.8, 4) is 0 Å². The molecule has 0 aromatic heterocycles. The Morgan fingerprint density at radius 2 is 2.06 bits per heavy atom. The van der Waals surface area contributed by atoms with Crippen molar-refractivity contribution in [3.05, 3.63) is 0 Å². The summed E-state index contributed by atoms with van der Waals surface area (Å²) in [7, 11) is 0. The predicted molar refractivity (Wildman–Crippen MR) is 68.0 cm³/mol. The number of hydrogen-bond acceptors (Lipinski definition) is 6. The lowest BCUT2D eigenvalue weighted by Gasteiger charge is -2.35. The standard InChI is InChI=1S/C12H25N3O3/c13-10-2-1-9(18-11(10)16)7-15-8-12(17)3-5-14-6-4-12/h9-11,14-17H,1-8,13H2/t9-,10+,11-/m0/s1. The van der Waals surface area contributed by atoms with Crippen LogP contribution in [0.5, 0.6) is 0 Å². The highest BCUT2D eigenvalue weighted by Gasteiger charge is 2.30. The molecule has 2 heterocycles. The van der Waals surface area contributed by atoms with Gasteiger partial charge in [-0.25, -0.2) is 0 Å². The highest BCUT2D eigenvalue weighted by molar-refractivity contribution is 4.87. The largest absolute Gasteiger partial charge is 0.388 e. The fourth-order valence-electron chi connectivity index (χ4n) is 2.57. The quantitative estimate of drug-likeness (QED) is 0.422. The normalized spacial score (nSPS) is 36.5. The van der Waals surface area contributed by atoms with Crippen LogP contribution in [0.1, 0.15) is 25.7 Å². The zero-order valence-electron chi connectivity index (χ0n) is 10.8. The minimum absolute atomic E-state index is 0.00915. The number of nitrogens with one attached hydrogen (secondary N) is 2. The fraction of sp³-hybridized carbons (Fsp3) is 1.00. The molecule has 0 bridgehead atoms. The first-order valence-corrected chi connectivity index (χ1v) is 6.82. The van der Waals surface area contributed by atoms with Gasteiger partial charge in [-0.05, 0) is 38.8 Å². The van der Waals surface area contributed by atoms with Gasteiger partial charge in [0.2, 0.25) is 0 Å². The Balaban J connectivity index is 1.66. The van der Waals surface area contributed by atoms with Crippen LogP contribution in [0.2, 0.25) is 0 Å². The van der Waals surface area contributed by atoms with Crippen LogP contribution in [0.25, 0.3) is 0 Å². The molecule has 0 aromatic rings. The molecule has 2 aliphatic rings. The molecule has 18 heavy (non-hydrogen) atoms. The van der Waals surface area contributed by atoms with Crippen molar-refractivity contribution in [2.45, 2.75) is 49.7 Å². The Labute approximate surface area is 108 Å². The van der Waals surface area contributed by atoms with Gasteiger partial charge in [0, 0.05) is 13.1 Å². The summed E-state index contributed by atoms with van der Waals surface area (Å²) in [5, 5.41) is 26.3. The van der Waals surface area contributed by atoms with Crippen molar-refractivity contribution in [1.29, 1.82) is 0 Å². The SMILES string of the molecule is N[C@@H]1CC[C@@H](CNCC2(O)CCNCC2)O[C@@H]1O. The van der Waals surface area contributed by atoms with Gasteiger partial charge in [0.1, 0.15) is 0 Å². The summed E-state index contributed by atoms with van der Waals surface area (Å²) < 4.78 is 5.39. The van der Waals surface area contributed by atoms with E-state index >= 15 is 0 Å². The topological polar surface area (TPSA) is 99.8 Å². The zero-order valence-corrected chi connectivity index (χ0v) is 10.8. The van der Waals surface area contributed by atoms with Gasteiger partial charge >= 0.3 is 0 Å². The van der Waals surface area contributed by atoms with Crippen molar-refractivity contribution < 1.29 is 14.9 Å². The first-order valence-electron chi connectivity index (χ1n) is 6.82. The minimum atomic E-state index is -0.854. The summed E-state index contributed by atoms with van der Waals surface area (Å²) in [5.74, 6) is 0. The highest BCUT2D eigenvalue weighted by atomic mass is 16.6. The molecule has 0 spiro atoms. The lowest BCUT2D eigenvalue weighted by molar-refractivity contribution is -0.171. The lowest BCUT2D eigenvalue weighted by Crippen LogP contribution is -2.51. The Kier molecular flexibility index (Phi) is 4.94. The third kappa shape index (κ3) is 3.88. The Morgan fingerprint density at radius 3 is 2.72 bits per heavy atom. The van der Waals surface area contributed by atoms with E-state index in [1.54, 1.807) is 0 Å². The third-order valence-electron chi connectivity index (χ3n) is 3.88. The van der Waals surface area contributed by atoms with E-state index in [4.69, 9.17) is 10.5 Å². The van der Waals surface area contributed by atoms with E-state index < -0.39 is 11.9 Å². The summed E-state index contributed by atoms with van der Waals surface area (Å²) in [5.41, 5.74) is 5.06. The second-order valence-electron chi connectivity index (χ2n) is 5.50. The van der Waals surface area contributed by atoms with Gasteiger partial charge in [-0.15, -0.1) is 0 Å². The van der Waals surface area contributed by atoms with Gasteiger partial charge in [0.05, 0.1) is 17.7 Å². The molecule has 0 radical (unpaired) electrons. The van der Waals surface area contributed by atoms with E-state index in [1.165, 1.54) is 0 Å². The van der Waals surface area contributed by atoms with Gasteiger partial charge < -0.3 is 31.3 Å². The van der Waals surface area contributed by atoms with Crippen molar-refractivity contribution >= 4 is 0 Å². The lowest BCUT2D eigenvalue weighted by atomic mass is 9.92. The summed E-state index contributed by atoms with van der Waals surface area (Å²) in [6.45, 7) is 2.97. The van der Waals surface area contributed by atoms with Crippen LogP contribution >= 0.6 is 0 Å². The van der Waals surface area contributed by atoms with E-state index in [2.05, 4.69) is 10.6 Å². The minimum Gasteiger partial charge on any atom is -0.388 e. The van der Waals surface area contributed by atoms with Gasteiger partial charge in [0.15, 0.2) is 6.29 Å². The van der Waals surface area contributed by atoms with E-state index in [0.717, 1.165) is 38.8 Å². The number of rotatable bonds is 4. The molecule has 106 valence electrons. The summed E-state index contributed by atoms with van der Waals surface area (Å²) >= 11 is 0. The molecule has 2 fully saturated rings. The number of ether oxygens (including phenoxy) is 1.